The van der Waals surface area contributed by atoms with Crippen LogP contribution < -0.4 is 20.5 Å². The summed E-state index contributed by atoms with van der Waals surface area (Å²) in [7, 11) is -2.14. The van der Waals surface area contributed by atoms with Gasteiger partial charge in [-0.1, -0.05) is 23.5 Å². The van der Waals surface area contributed by atoms with Gasteiger partial charge in [-0.3, -0.25) is 4.79 Å². The molecule has 1 atom stereocenters. The number of amides is 1. The van der Waals surface area contributed by atoms with Gasteiger partial charge in [0.25, 0.3) is 0 Å². The summed E-state index contributed by atoms with van der Waals surface area (Å²) >= 11 is 2.93. The Morgan fingerprint density at radius 3 is 2.56 bits per heavy atom. The van der Waals surface area contributed by atoms with Crippen molar-refractivity contribution < 1.29 is 17.9 Å². The molecule has 39 heavy (non-hydrogen) atoms. The Hall–Kier alpha value is -3.26. The number of fused-ring (bicyclic) bond motifs is 1. The summed E-state index contributed by atoms with van der Waals surface area (Å²) in [5, 5.41) is 3.93. The molecule has 1 amide bonds. The number of sulfonamides is 1. The third kappa shape index (κ3) is 8.12. The number of thiazole rings is 1. The largest absolute Gasteiger partial charge is 0.497 e. The van der Waals surface area contributed by atoms with E-state index in [0.717, 1.165) is 21.0 Å². The number of hydrogen-bond acceptors (Lipinski definition) is 10. The number of hydrogen-bond donors (Lipinski definition) is 3. The Kier molecular flexibility index (Phi) is 9.73. The van der Waals surface area contributed by atoms with Crippen LogP contribution in [-0.4, -0.2) is 49.2 Å². The van der Waals surface area contributed by atoms with Crippen LogP contribution >= 0.6 is 23.1 Å². The van der Waals surface area contributed by atoms with Gasteiger partial charge in [-0.05, 0) is 54.5 Å². The highest BCUT2D eigenvalue weighted by molar-refractivity contribution is 7.98. The summed E-state index contributed by atoms with van der Waals surface area (Å²) in [6.07, 6.45) is 7.08. The molecular formula is C26H30N6O4S3. The van der Waals surface area contributed by atoms with Crippen LogP contribution in [-0.2, 0) is 27.8 Å². The maximum absolute atomic E-state index is 12.9. The van der Waals surface area contributed by atoms with Crippen molar-refractivity contribution in [2.24, 2.45) is 11.7 Å². The van der Waals surface area contributed by atoms with Gasteiger partial charge >= 0.3 is 0 Å². The molecule has 0 aliphatic carbocycles. The van der Waals surface area contributed by atoms with E-state index in [1.54, 1.807) is 61.6 Å². The molecule has 206 valence electrons. The number of ether oxygens (including phenoxy) is 1. The first-order valence-corrected chi connectivity index (χ1v) is 15.7. The predicted molar refractivity (Wildman–Crippen MR) is 155 cm³/mol. The molecule has 4 N–H and O–H groups in total. The standard InChI is InChI=1S/C26H30N6O4S3/c1-36-19-6-3-17(4-7-19)14-31-39(34,35)21-8-9-22-23(12-21)38-26(32-22)30-13-18(11-24(27)33)5-10-25-28-15-20(37-2)16-29-25/h3-4,6-9,12,15-16,18,31H,5,10-11,13-14H2,1-2H3,(H2,27,33)(H,30,32). The molecule has 0 fully saturated rings. The summed E-state index contributed by atoms with van der Waals surface area (Å²) in [6, 6.07) is 12.0. The SMILES string of the molecule is COc1ccc(CNS(=O)(=O)c2ccc3nc(NCC(CCc4ncc(SC)cn4)CC(N)=O)sc3c2)cc1. The average Bonchev–Trinajstić information content (AvgIpc) is 3.36. The average molecular weight is 587 g/mol. The number of nitrogens with one attached hydrogen (secondary N) is 2. The molecule has 0 spiro atoms. The van der Waals surface area contributed by atoms with E-state index in [1.807, 2.05) is 18.4 Å². The summed E-state index contributed by atoms with van der Waals surface area (Å²) in [4.78, 5) is 26.1. The predicted octanol–water partition coefficient (Wildman–Crippen LogP) is 3.83. The molecule has 0 saturated carbocycles. The lowest BCUT2D eigenvalue weighted by molar-refractivity contribution is -0.118. The van der Waals surface area contributed by atoms with Crippen molar-refractivity contribution in [3.63, 3.8) is 0 Å². The van der Waals surface area contributed by atoms with Crippen molar-refractivity contribution in [1.82, 2.24) is 19.7 Å². The highest BCUT2D eigenvalue weighted by Crippen LogP contribution is 2.29. The molecule has 10 nitrogen and oxygen atoms in total. The topological polar surface area (TPSA) is 149 Å². The number of carbonyl (C=O) groups excluding carboxylic acids is 1. The van der Waals surface area contributed by atoms with Crippen molar-refractivity contribution in [3.8, 4) is 5.75 Å². The Morgan fingerprint density at radius 2 is 1.90 bits per heavy atom. The number of carbonyl (C=O) groups is 1. The highest BCUT2D eigenvalue weighted by Gasteiger charge is 2.17. The Balaban J connectivity index is 1.38. The Bertz CT molecular complexity index is 1510. The van der Waals surface area contributed by atoms with Gasteiger partial charge in [0, 0.05) is 43.2 Å². The van der Waals surface area contributed by atoms with E-state index in [4.69, 9.17) is 10.5 Å². The molecule has 0 aliphatic rings. The molecule has 1 unspecified atom stereocenters. The van der Waals surface area contributed by atoms with E-state index in [1.165, 1.54) is 11.3 Å². The van der Waals surface area contributed by atoms with Gasteiger partial charge in [0.05, 0.1) is 22.2 Å². The number of benzene rings is 2. The van der Waals surface area contributed by atoms with Crippen LogP contribution in [0.15, 0.2) is 64.6 Å². The van der Waals surface area contributed by atoms with Gasteiger partial charge in [-0.25, -0.2) is 28.1 Å². The third-order valence-corrected chi connectivity index (χ3v) is 9.08. The fraction of sp³-hybridized carbons (Fsp3) is 0.308. The van der Waals surface area contributed by atoms with Crippen LogP contribution in [0.5, 0.6) is 5.75 Å². The van der Waals surface area contributed by atoms with E-state index in [2.05, 4.69) is 25.0 Å². The van der Waals surface area contributed by atoms with E-state index in [-0.39, 0.29) is 29.7 Å². The number of aryl methyl sites for hydroxylation is 1. The maximum atomic E-state index is 12.9. The Morgan fingerprint density at radius 1 is 1.15 bits per heavy atom. The second-order valence-electron chi connectivity index (χ2n) is 8.82. The van der Waals surface area contributed by atoms with Gasteiger partial charge in [-0.15, -0.1) is 11.8 Å². The molecule has 2 heterocycles. The van der Waals surface area contributed by atoms with E-state index in [0.29, 0.717) is 35.8 Å². The molecule has 2 aromatic carbocycles. The minimum atomic E-state index is -3.72. The fourth-order valence-electron chi connectivity index (χ4n) is 3.86. The van der Waals surface area contributed by atoms with Crippen molar-refractivity contribution in [2.75, 3.05) is 25.2 Å². The first kappa shape index (κ1) is 28.7. The van der Waals surface area contributed by atoms with Gasteiger partial charge in [0.15, 0.2) is 5.13 Å². The molecule has 4 rings (SSSR count). The zero-order chi connectivity index (χ0) is 27.8. The highest BCUT2D eigenvalue weighted by atomic mass is 32.2. The van der Waals surface area contributed by atoms with E-state index >= 15 is 0 Å². The van der Waals surface area contributed by atoms with Gasteiger partial charge in [-0.2, -0.15) is 0 Å². The number of aromatic nitrogens is 3. The second-order valence-corrected chi connectivity index (χ2v) is 12.5. The number of thioether (sulfide) groups is 1. The van der Waals surface area contributed by atoms with Gasteiger partial charge in [0.1, 0.15) is 11.6 Å². The molecule has 0 radical (unpaired) electrons. The minimum Gasteiger partial charge on any atom is -0.497 e. The van der Waals surface area contributed by atoms with Crippen LogP contribution in [0, 0.1) is 5.92 Å². The van der Waals surface area contributed by atoms with Crippen molar-refractivity contribution in [3.05, 3.63) is 66.2 Å². The van der Waals surface area contributed by atoms with Crippen LogP contribution in [0.1, 0.15) is 24.2 Å². The lowest BCUT2D eigenvalue weighted by Crippen LogP contribution is -2.23. The smallest absolute Gasteiger partial charge is 0.240 e. The van der Waals surface area contributed by atoms with Crippen molar-refractivity contribution >= 4 is 54.4 Å². The van der Waals surface area contributed by atoms with E-state index < -0.39 is 10.0 Å². The number of primary amides is 1. The van der Waals surface area contributed by atoms with Crippen molar-refractivity contribution in [2.45, 2.75) is 35.6 Å². The number of methoxy groups -OCH3 is 1. The van der Waals surface area contributed by atoms with Crippen LogP contribution in [0.2, 0.25) is 0 Å². The molecule has 4 aromatic rings. The molecule has 13 heteroatoms. The number of anilines is 1. The molecule has 2 aromatic heterocycles. The summed E-state index contributed by atoms with van der Waals surface area (Å²) < 4.78 is 34.3. The van der Waals surface area contributed by atoms with E-state index in [9.17, 15) is 13.2 Å². The molecular weight excluding hydrogens is 557 g/mol. The number of rotatable bonds is 14. The minimum absolute atomic E-state index is 0.0311. The second kappa shape index (κ2) is 13.2. The maximum Gasteiger partial charge on any atom is 0.240 e. The summed E-state index contributed by atoms with van der Waals surface area (Å²) in [5.41, 5.74) is 6.98. The monoisotopic (exact) mass is 586 g/mol. The molecule has 0 saturated heterocycles. The summed E-state index contributed by atoms with van der Waals surface area (Å²) in [5.74, 6) is 1.02. The fourth-order valence-corrected chi connectivity index (χ4v) is 6.20. The molecule has 0 aliphatic heterocycles. The van der Waals surface area contributed by atoms with Crippen molar-refractivity contribution in [1.29, 1.82) is 0 Å². The molecule has 0 bridgehead atoms. The third-order valence-electron chi connectivity index (χ3n) is 6.02. The lowest BCUT2D eigenvalue weighted by atomic mass is 9.99. The number of nitrogens with two attached hydrogens (primary N) is 1. The first-order valence-electron chi connectivity index (χ1n) is 12.2. The summed E-state index contributed by atoms with van der Waals surface area (Å²) in [6.45, 7) is 0.647. The first-order chi connectivity index (χ1) is 18.8. The zero-order valence-electron chi connectivity index (χ0n) is 21.6. The van der Waals surface area contributed by atoms with Gasteiger partial charge < -0.3 is 15.8 Å². The number of nitrogens with zero attached hydrogens (tertiary/aromatic N) is 3. The van der Waals surface area contributed by atoms with Crippen LogP contribution in [0.4, 0.5) is 5.13 Å². The van der Waals surface area contributed by atoms with Gasteiger partial charge in [0.2, 0.25) is 15.9 Å². The quantitative estimate of drug-likeness (QED) is 0.187. The Labute approximate surface area is 235 Å². The normalized spacial score (nSPS) is 12.4. The van der Waals surface area contributed by atoms with Crippen LogP contribution in [0.3, 0.4) is 0 Å². The zero-order valence-corrected chi connectivity index (χ0v) is 24.0. The lowest BCUT2D eigenvalue weighted by Gasteiger charge is -2.15. The van der Waals surface area contributed by atoms with Crippen LogP contribution in [0.25, 0.3) is 10.2 Å².